The van der Waals surface area contributed by atoms with E-state index < -0.39 is 10.1 Å². The van der Waals surface area contributed by atoms with Gasteiger partial charge in [-0.2, -0.15) is 8.42 Å². The van der Waals surface area contributed by atoms with E-state index in [2.05, 4.69) is 62.4 Å². The highest BCUT2D eigenvalue weighted by molar-refractivity contribution is 7.85. The molecule has 4 heteroatoms. The van der Waals surface area contributed by atoms with E-state index in [1.165, 1.54) is 17.2 Å². The molecule has 2 aromatic carbocycles. The van der Waals surface area contributed by atoms with E-state index in [-0.39, 0.29) is 0 Å². The molecular formula is C14H20O3S. The number of benzene rings is 2. The molecule has 0 aliphatic rings. The minimum absolute atomic E-state index is 0.715. The summed E-state index contributed by atoms with van der Waals surface area (Å²) < 4.78 is 25.9. The Labute approximate surface area is 109 Å². The number of rotatable bonds is 0. The first kappa shape index (κ1) is 16.6. The van der Waals surface area contributed by atoms with Crippen LogP contribution in [-0.2, 0) is 10.1 Å². The van der Waals surface area contributed by atoms with E-state index in [0.717, 1.165) is 0 Å². The van der Waals surface area contributed by atoms with Gasteiger partial charge in [-0.1, -0.05) is 68.8 Å². The fourth-order valence-electron chi connectivity index (χ4n) is 1.13. The quantitative estimate of drug-likeness (QED) is 0.740. The van der Waals surface area contributed by atoms with Gasteiger partial charge in [0.05, 0.1) is 6.26 Å². The first-order chi connectivity index (χ1) is 8.38. The Kier molecular flexibility index (Phi) is 8.00. The van der Waals surface area contributed by atoms with Crippen molar-refractivity contribution >= 4 is 20.9 Å². The van der Waals surface area contributed by atoms with Crippen LogP contribution in [0.2, 0.25) is 0 Å². The van der Waals surface area contributed by atoms with E-state index >= 15 is 0 Å². The molecule has 0 radical (unpaired) electrons. The maximum absolute atomic E-state index is 9.19. The molecule has 0 spiro atoms. The lowest BCUT2D eigenvalue weighted by Gasteiger charge is -1.92. The molecule has 0 bridgehead atoms. The second kappa shape index (κ2) is 8.66. The summed E-state index contributed by atoms with van der Waals surface area (Å²) in [6, 6.07) is 16.7. The van der Waals surface area contributed by atoms with Crippen molar-refractivity contribution in [2.24, 2.45) is 0 Å². The smallest absolute Gasteiger partial charge is 0.261 e. The summed E-state index contributed by atoms with van der Waals surface area (Å²) in [5, 5.41) is 2.62. The minimum atomic E-state index is -3.67. The van der Waals surface area contributed by atoms with Crippen LogP contribution in [0.1, 0.15) is 20.3 Å². The molecule has 3 nitrogen and oxygen atoms in total. The monoisotopic (exact) mass is 268 g/mol. The average molecular weight is 268 g/mol. The minimum Gasteiger partial charge on any atom is -0.286 e. The van der Waals surface area contributed by atoms with Crippen LogP contribution in [0.5, 0.6) is 0 Å². The lowest BCUT2D eigenvalue weighted by Crippen LogP contribution is -1.88. The van der Waals surface area contributed by atoms with Gasteiger partial charge in [-0.3, -0.25) is 4.55 Å². The standard InChI is InChI=1S/C10H8.C3H8.CH4O3S/c1-2-6-10-8-4-3-7-9(10)5-1;1-3-2;1-5(2,3)4/h1-8H;3H2,1-2H3;1H3,(H,2,3,4). The number of hydrogen-bond acceptors (Lipinski definition) is 2. The van der Waals surface area contributed by atoms with Crippen molar-refractivity contribution in [1.29, 1.82) is 0 Å². The number of hydrogen-bond donors (Lipinski definition) is 1. The van der Waals surface area contributed by atoms with Crippen LogP contribution in [0.3, 0.4) is 0 Å². The topological polar surface area (TPSA) is 54.4 Å². The molecule has 0 saturated heterocycles. The lowest BCUT2D eigenvalue weighted by molar-refractivity contribution is 0.490. The van der Waals surface area contributed by atoms with Gasteiger partial charge in [0.15, 0.2) is 0 Å². The normalized spacial score (nSPS) is 9.78. The first-order valence-electron chi connectivity index (χ1n) is 5.74. The number of fused-ring (bicyclic) bond motifs is 1. The van der Waals surface area contributed by atoms with Crippen LogP contribution in [0, 0.1) is 0 Å². The third-order valence-corrected chi connectivity index (χ3v) is 1.66. The molecular weight excluding hydrogens is 248 g/mol. The Balaban J connectivity index is 0.000000309. The first-order valence-corrected chi connectivity index (χ1v) is 7.59. The Hall–Kier alpha value is -1.39. The summed E-state index contributed by atoms with van der Waals surface area (Å²) in [4.78, 5) is 0. The summed E-state index contributed by atoms with van der Waals surface area (Å²) in [7, 11) is -3.67. The van der Waals surface area contributed by atoms with Crippen LogP contribution in [0.4, 0.5) is 0 Å². The zero-order valence-electron chi connectivity index (χ0n) is 11.0. The second-order valence-electron chi connectivity index (χ2n) is 3.79. The molecule has 100 valence electrons. The van der Waals surface area contributed by atoms with Gasteiger partial charge in [-0.25, -0.2) is 0 Å². The molecule has 0 saturated carbocycles. The fraction of sp³-hybridized carbons (Fsp3) is 0.286. The van der Waals surface area contributed by atoms with Crippen molar-refractivity contribution < 1.29 is 13.0 Å². The molecule has 0 fully saturated rings. The van der Waals surface area contributed by atoms with Gasteiger partial charge in [0.25, 0.3) is 10.1 Å². The zero-order chi connectivity index (χ0) is 14.0. The van der Waals surface area contributed by atoms with Gasteiger partial charge in [-0.15, -0.1) is 0 Å². The van der Waals surface area contributed by atoms with Crippen molar-refractivity contribution in [3.63, 3.8) is 0 Å². The maximum Gasteiger partial charge on any atom is 0.261 e. The molecule has 0 heterocycles. The summed E-state index contributed by atoms with van der Waals surface area (Å²) in [6.07, 6.45) is 1.97. The second-order valence-corrected chi connectivity index (χ2v) is 5.25. The Bertz CT molecular complexity index is 474. The third-order valence-electron chi connectivity index (χ3n) is 1.66. The van der Waals surface area contributed by atoms with Crippen molar-refractivity contribution in [3.05, 3.63) is 48.5 Å². The summed E-state index contributed by atoms with van der Waals surface area (Å²) in [6.45, 7) is 4.25. The van der Waals surface area contributed by atoms with Crippen LogP contribution in [-0.4, -0.2) is 19.2 Å². The fourth-order valence-corrected chi connectivity index (χ4v) is 1.13. The van der Waals surface area contributed by atoms with E-state index in [4.69, 9.17) is 4.55 Å². The Morgan fingerprint density at radius 1 is 0.889 bits per heavy atom. The van der Waals surface area contributed by atoms with Crippen molar-refractivity contribution in [2.75, 3.05) is 6.26 Å². The van der Waals surface area contributed by atoms with E-state index in [9.17, 15) is 8.42 Å². The van der Waals surface area contributed by atoms with Crippen LogP contribution in [0.15, 0.2) is 48.5 Å². The summed E-state index contributed by atoms with van der Waals surface area (Å²) >= 11 is 0. The van der Waals surface area contributed by atoms with Gasteiger partial charge >= 0.3 is 0 Å². The molecule has 2 aromatic rings. The molecule has 1 N–H and O–H groups in total. The van der Waals surface area contributed by atoms with Crippen molar-refractivity contribution in [3.8, 4) is 0 Å². The van der Waals surface area contributed by atoms with E-state index in [0.29, 0.717) is 6.26 Å². The predicted octanol–water partition coefficient (Wildman–Crippen LogP) is 3.76. The van der Waals surface area contributed by atoms with E-state index in [1.54, 1.807) is 0 Å². The molecule has 0 atom stereocenters. The van der Waals surface area contributed by atoms with Gasteiger partial charge in [0.1, 0.15) is 0 Å². The summed E-state index contributed by atoms with van der Waals surface area (Å²) in [5.74, 6) is 0. The average Bonchev–Trinajstić information content (AvgIpc) is 2.28. The van der Waals surface area contributed by atoms with Crippen molar-refractivity contribution in [1.82, 2.24) is 0 Å². The van der Waals surface area contributed by atoms with Gasteiger partial charge in [-0.05, 0) is 10.8 Å². The highest BCUT2D eigenvalue weighted by atomic mass is 32.2. The van der Waals surface area contributed by atoms with E-state index in [1.807, 2.05) is 0 Å². The molecule has 18 heavy (non-hydrogen) atoms. The van der Waals surface area contributed by atoms with Gasteiger partial charge in [0.2, 0.25) is 0 Å². The largest absolute Gasteiger partial charge is 0.286 e. The Morgan fingerprint density at radius 2 is 1.06 bits per heavy atom. The third kappa shape index (κ3) is 9.81. The van der Waals surface area contributed by atoms with Crippen molar-refractivity contribution in [2.45, 2.75) is 20.3 Å². The highest BCUT2D eigenvalue weighted by Crippen LogP contribution is 2.11. The molecule has 0 unspecified atom stereocenters. The molecule has 0 aromatic heterocycles. The van der Waals surface area contributed by atoms with Crippen LogP contribution in [0.25, 0.3) is 10.8 Å². The SMILES string of the molecule is CCC.CS(=O)(=O)O.c1ccc2ccccc2c1. The highest BCUT2D eigenvalue weighted by Gasteiger charge is 1.85. The van der Waals surface area contributed by atoms with Crippen LogP contribution < -0.4 is 0 Å². The van der Waals surface area contributed by atoms with Gasteiger partial charge in [0, 0.05) is 0 Å². The molecule has 0 aliphatic heterocycles. The zero-order valence-corrected chi connectivity index (χ0v) is 11.8. The maximum atomic E-state index is 9.19. The Morgan fingerprint density at radius 3 is 1.22 bits per heavy atom. The molecule has 2 rings (SSSR count). The molecule has 0 aliphatic carbocycles. The van der Waals surface area contributed by atoms with Gasteiger partial charge < -0.3 is 0 Å². The van der Waals surface area contributed by atoms with Crippen LogP contribution >= 0.6 is 0 Å². The predicted molar refractivity (Wildman–Crippen MR) is 77.4 cm³/mol. The lowest BCUT2D eigenvalue weighted by atomic mass is 10.1. The summed E-state index contributed by atoms with van der Waals surface area (Å²) in [5.41, 5.74) is 0. The molecule has 0 amide bonds.